The first kappa shape index (κ1) is 18.0. The van der Waals surface area contributed by atoms with E-state index in [-0.39, 0.29) is 11.8 Å². The summed E-state index contributed by atoms with van der Waals surface area (Å²) in [4.78, 5) is 17.1. The summed E-state index contributed by atoms with van der Waals surface area (Å²) in [5.74, 6) is 1.12. The molecule has 1 aliphatic rings. The number of anilines is 1. The molecule has 4 heterocycles. The van der Waals surface area contributed by atoms with Gasteiger partial charge in [0, 0.05) is 37.3 Å². The quantitative estimate of drug-likeness (QED) is 0.517. The highest BCUT2D eigenvalue weighted by Crippen LogP contribution is 2.28. The standard InChI is InChI=1S/C20H21N7OS/c1-25(12-15-13-29-17-5-3-2-4-16(15)17)20(28)14-8-10-26(11-9-14)19-7-6-18-21-23-24-27(18)22-19/h2-7,13-14H,8-12H2,1H3. The predicted octanol–water partition coefficient (Wildman–Crippen LogP) is 2.61. The topological polar surface area (TPSA) is 79.5 Å². The average molecular weight is 408 g/mol. The largest absolute Gasteiger partial charge is 0.355 e. The zero-order valence-corrected chi connectivity index (χ0v) is 16.9. The van der Waals surface area contributed by atoms with Gasteiger partial charge in [0.2, 0.25) is 5.91 Å². The van der Waals surface area contributed by atoms with E-state index in [0.717, 1.165) is 31.7 Å². The molecule has 29 heavy (non-hydrogen) atoms. The second-order valence-corrected chi connectivity index (χ2v) is 8.34. The summed E-state index contributed by atoms with van der Waals surface area (Å²) in [7, 11) is 1.91. The number of amides is 1. The highest BCUT2D eigenvalue weighted by atomic mass is 32.1. The highest BCUT2D eigenvalue weighted by Gasteiger charge is 2.28. The minimum Gasteiger partial charge on any atom is -0.355 e. The molecule has 0 bridgehead atoms. The molecule has 0 aliphatic carbocycles. The molecule has 0 radical (unpaired) electrons. The number of tetrazole rings is 1. The molecule has 148 valence electrons. The molecule has 1 saturated heterocycles. The fourth-order valence-electron chi connectivity index (χ4n) is 3.96. The van der Waals surface area contributed by atoms with Gasteiger partial charge in [0.15, 0.2) is 11.5 Å². The Morgan fingerprint density at radius 3 is 2.90 bits per heavy atom. The van der Waals surface area contributed by atoms with Crippen molar-refractivity contribution in [3.05, 3.63) is 47.3 Å². The maximum Gasteiger partial charge on any atom is 0.225 e. The molecule has 0 unspecified atom stereocenters. The molecule has 3 aromatic heterocycles. The molecule has 0 spiro atoms. The number of fused-ring (bicyclic) bond motifs is 2. The van der Waals surface area contributed by atoms with Gasteiger partial charge in [-0.2, -0.15) is 0 Å². The molecule has 0 N–H and O–H groups in total. The van der Waals surface area contributed by atoms with E-state index < -0.39 is 0 Å². The van der Waals surface area contributed by atoms with Crippen molar-refractivity contribution in [1.29, 1.82) is 0 Å². The second kappa shape index (κ2) is 7.40. The van der Waals surface area contributed by atoms with Gasteiger partial charge >= 0.3 is 0 Å². The van der Waals surface area contributed by atoms with Gasteiger partial charge in [0.1, 0.15) is 0 Å². The van der Waals surface area contributed by atoms with Crippen LogP contribution in [0.3, 0.4) is 0 Å². The Balaban J connectivity index is 1.22. The summed E-state index contributed by atoms with van der Waals surface area (Å²) in [6.45, 7) is 2.25. The van der Waals surface area contributed by atoms with E-state index in [0.29, 0.717) is 12.2 Å². The molecule has 1 aromatic carbocycles. The first-order valence-corrected chi connectivity index (χ1v) is 10.6. The Hall–Kier alpha value is -3.07. The summed E-state index contributed by atoms with van der Waals surface area (Å²) in [6.07, 6.45) is 1.64. The van der Waals surface area contributed by atoms with Crippen LogP contribution >= 0.6 is 11.3 Å². The molecule has 1 amide bonds. The summed E-state index contributed by atoms with van der Waals surface area (Å²) in [5, 5.41) is 19.2. The van der Waals surface area contributed by atoms with Gasteiger partial charge in [0.05, 0.1) is 0 Å². The molecule has 0 saturated carbocycles. The van der Waals surface area contributed by atoms with Crippen LogP contribution in [0.5, 0.6) is 0 Å². The Morgan fingerprint density at radius 2 is 2.03 bits per heavy atom. The van der Waals surface area contributed by atoms with Gasteiger partial charge in [-0.3, -0.25) is 4.79 Å². The third kappa shape index (κ3) is 3.42. The Bertz CT molecular complexity index is 1160. The highest BCUT2D eigenvalue weighted by molar-refractivity contribution is 7.17. The van der Waals surface area contributed by atoms with Crippen LogP contribution < -0.4 is 4.90 Å². The number of aromatic nitrogens is 5. The van der Waals surface area contributed by atoms with Crippen molar-refractivity contribution in [2.24, 2.45) is 5.92 Å². The number of nitrogens with zero attached hydrogens (tertiary/aromatic N) is 7. The van der Waals surface area contributed by atoms with E-state index in [2.05, 4.69) is 55.2 Å². The number of piperidine rings is 1. The lowest BCUT2D eigenvalue weighted by Crippen LogP contribution is -2.41. The lowest BCUT2D eigenvalue weighted by molar-refractivity contribution is -0.135. The van der Waals surface area contributed by atoms with Crippen LogP contribution in [0.25, 0.3) is 15.7 Å². The predicted molar refractivity (Wildman–Crippen MR) is 112 cm³/mol. The third-order valence-electron chi connectivity index (χ3n) is 5.57. The zero-order chi connectivity index (χ0) is 19.8. The normalized spacial score (nSPS) is 15.3. The average Bonchev–Trinajstić information content (AvgIpc) is 3.40. The van der Waals surface area contributed by atoms with Crippen LogP contribution in [0.15, 0.2) is 41.8 Å². The van der Waals surface area contributed by atoms with E-state index in [1.807, 2.05) is 24.1 Å². The Labute approximate surface area is 171 Å². The van der Waals surface area contributed by atoms with Crippen LogP contribution in [0, 0.1) is 5.92 Å². The van der Waals surface area contributed by atoms with Crippen molar-refractivity contribution in [3.8, 4) is 0 Å². The van der Waals surface area contributed by atoms with Crippen molar-refractivity contribution < 1.29 is 4.79 Å². The molecule has 0 atom stereocenters. The van der Waals surface area contributed by atoms with Gasteiger partial charge in [0.25, 0.3) is 0 Å². The Morgan fingerprint density at radius 1 is 1.21 bits per heavy atom. The van der Waals surface area contributed by atoms with Crippen molar-refractivity contribution >= 4 is 38.8 Å². The number of thiophene rings is 1. The van der Waals surface area contributed by atoms with Crippen molar-refractivity contribution in [2.45, 2.75) is 19.4 Å². The minimum atomic E-state index is 0.0536. The van der Waals surface area contributed by atoms with Crippen LogP contribution in [0.2, 0.25) is 0 Å². The molecule has 8 nitrogen and oxygen atoms in total. The molecular formula is C20H21N7OS. The summed E-state index contributed by atoms with van der Waals surface area (Å²) in [6, 6.07) is 12.2. The molecular weight excluding hydrogens is 386 g/mol. The molecule has 5 rings (SSSR count). The minimum absolute atomic E-state index is 0.0536. The van der Waals surface area contributed by atoms with Crippen LogP contribution in [0.4, 0.5) is 5.82 Å². The van der Waals surface area contributed by atoms with Crippen molar-refractivity contribution in [1.82, 2.24) is 30.2 Å². The number of hydrogen-bond acceptors (Lipinski definition) is 7. The van der Waals surface area contributed by atoms with E-state index >= 15 is 0 Å². The molecule has 1 fully saturated rings. The SMILES string of the molecule is CN(Cc1csc2ccccc12)C(=O)C1CCN(c2ccc3nnnn3n2)CC1. The van der Waals surface area contributed by atoms with Crippen LogP contribution in [-0.2, 0) is 11.3 Å². The maximum atomic E-state index is 13.0. The van der Waals surface area contributed by atoms with Crippen molar-refractivity contribution in [2.75, 3.05) is 25.0 Å². The van der Waals surface area contributed by atoms with Gasteiger partial charge in [-0.1, -0.05) is 18.2 Å². The van der Waals surface area contributed by atoms with Gasteiger partial charge in [-0.05, 0) is 57.8 Å². The number of benzene rings is 1. The van der Waals surface area contributed by atoms with Gasteiger partial charge in [-0.15, -0.1) is 26.2 Å². The fourth-order valence-corrected chi connectivity index (χ4v) is 4.92. The lowest BCUT2D eigenvalue weighted by Gasteiger charge is -2.33. The number of carbonyl (C=O) groups excluding carboxylic acids is 1. The summed E-state index contributed by atoms with van der Waals surface area (Å²) in [5.41, 5.74) is 1.85. The molecule has 1 aliphatic heterocycles. The second-order valence-electron chi connectivity index (χ2n) is 7.43. The van der Waals surface area contributed by atoms with E-state index in [1.54, 1.807) is 11.3 Å². The van der Waals surface area contributed by atoms with Crippen molar-refractivity contribution in [3.63, 3.8) is 0 Å². The van der Waals surface area contributed by atoms with Gasteiger partial charge < -0.3 is 9.80 Å². The maximum absolute atomic E-state index is 13.0. The monoisotopic (exact) mass is 407 g/mol. The summed E-state index contributed by atoms with van der Waals surface area (Å²) >= 11 is 1.73. The number of hydrogen-bond donors (Lipinski definition) is 0. The van der Waals surface area contributed by atoms with Crippen LogP contribution in [-0.4, -0.2) is 56.2 Å². The lowest BCUT2D eigenvalue weighted by atomic mass is 9.95. The molecule has 9 heteroatoms. The number of rotatable bonds is 4. The van der Waals surface area contributed by atoms with Gasteiger partial charge in [-0.25, -0.2) is 0 Å². The summed E-state index contributed by atoms with van der Waals surface area (Å²) < 4.78 is 2.70. The fraction of sp³-hybridized carbons (Fsp3) is 0.350. The van der Waals surface area contributed by atoms with Crippen LogP contribution in [0.1, 0.15) is 18.4 Å². The third-order valence-corrected chi connectivity index (χ3v) is 6.58. The zero-order valence-electron chi connectivity index (χ0n) is 16.1. The van der Waals surface area contributed by atoms with E-state index in [4.69, 9.17) is 0 Å². The smallest absolute Gasteiger partial charge is 0.225 e. The first-order chi connectivity index (χ1) is 14.2. The first-order valence-electron chi connectivity index (χ1n) is 9.69. The number of carbonyl (C=O) groups is 1. The Kier molecular flexibility index (Phi) is 4.59. The van der Waals surface area contributed by atoms with E-state index in [9.17, 15) is 4.79 Å². The van der Waals surface area contributed by atoms with E-state index in [1.165, 1.54) is 20.3 Å². The molecule has 4 aromatic rings.